The summed E-state index contributed by atoms with van der Waals surface area (Å²) < 4.78 is 0. The van der Waals surface area contributed by atoms with Crippen molar-refractivity contribution in [2.75, 3.05) is 6.54 Å². The van der Waals surface area contributed by atoms with Crippen molar-refractivity contribution in [3.05, 3.63) is 105 Å². The Morgan fingerprint density at radius 3 is 1.20 bits per heavy atom. The minimum Gasteiger partial charge on any atom is -0.368 e. The molecule has 0 bridgehead atoms. The summed E-state index contributed by atoms with van der Waals surface area (Å²) in [5.74, 6) is -4.94. The summed E-state index contributed by atoms with van der Waals surface area (Å²) in [7, 11) is 0. The number of carbonyl (C=O) groups excluding carboxylic acids is 7. The quantitative estimate of drug-likeness (QED) is 0.0625. The van der Waals surface area contributed by atoms with E-state index in [1.807, 2.05) is 0 Å². The van der Waals surface area contributed by atoms with Crippen LogP contribution in [0, 0.1) is 0 Å². The minimum absolute atomic E-state index is 0.0112. The van der Waals surface area contributed by atoms with Crippen LogP contribution in [0.15, 0.2) is 72.8 Å². The molecule has 16 nitrogen and oxygen atoms in total. The van der Waals surface area contributed by atoms with Crippen LogP contribution in [0.25, 0.3) is 0 Å². The lowest BCUT2D eigenvalue weighted by atomic mass is 10.0. The zero-order valence-electron chi connectivity index (χ0n) is 34.1. The average molecular weight is 903 g/mol. The second-order valence-electron chi connectivity index (χ2n) is 14.7. The number of carbonyl (C=O) groups is 7. The van der Waals surface area contributed by atoms with E-state index in [4.69, 9.17) is 52.0 Å². The Morgan fingerprint density at radius 1 is 0.475 bits per heavy atom. The van der Waals surface area contributed by atoms with Crippen molar-refractivity contribution in [2.45, 2.75) is 102 Å². The summed E-state index contributed by atoms with van der Waals surface area (Å²) in [6, 6.07) is 12.1. The summed E-state index contributed by atoms with van der Waals surface area (Å²) in [4.78, 5) is 92.1. The van der Waals surface area contributed by atoms with Gasteiger partial charge in [0.15, 0.2) is 0 Å². The predicted molar refractivity (Wildman–Crippen MR) is 234 cm³/mol. The highest BCUT2D eigenvalue weighted by Gasteiger charge is 2.31. The van der Waals surface area contributed by atoms with Crippen LogP contribution in [-0.4, -0.2) is 90.2 Å². The Morgan fingerprint density at radius 2 is 0.803 bits per heavy atom. The lowest BCUT2D eigenvalue weighted by Crippen LogP contribution is -2.59. The van der Waals surface area contributed by atoms with E-state index in [2.05, 4.69) is 31.9 Å². The van der Waals surface area contributed by atoms with Crippen molar-refractivity contribution >= 4 is 76.2 Å². The van der Waals surface area contributed by atoms with E-state index in [1.54, 1.807) is 72.8 Å². The number of halogens is 3. The van der Waals surface area contributed by atoms with Crippen molar-refractivity contribution in [2.24, 2.45) is 17.2 Å². The maximum atomic E-state index is 14.1. The third kappa shape index (κ3) is 17.3. The van der Waals surface area contributed by atoms with Gasteiger partial charge < -0.3 is 49.1 Å². The molecule has 0 aliphatic carbocycles. The van der Waals surface area contributed by atoms with Crippen LogP contribution < -0.4 is 49.1 Å². The summed E-state index contributed by atoms with van der Waals surface area (Å²) in [5.41, 5.74) is 19.2. The van der Waals surface area contributed by atoms with Gasteiger partial charge in [0, 0.05) is 27.9 Å². The highest BCUT2D eigenvalue weighted by atomic mass is 35.5. The van der Waals surface area contributed by atoms with Crippen molar-refractivity contribution in [3.63, 3.8) is 0 Å². The molecule has 7 amide bonds. The molecular weight excluding hydrogens is 849 g/mol. The third-order valence-corrected chi connectivity index (χ3v) is 10.3. The largest absolute Gasteiger partial charge is 0.368 e. The van der Waals surface area contributed by atoms with Crippen LogP contribution in [-0.2, 0) is 52.8 Å². The number of hydrogen-bond donors (Lipinski definition) is 9. The number of hydrogen-bond acceptors (Lipinski definition) is 9. The van der Waals surface area contributed by atoms with Crippen molar-refractivity contribution in [3.8, 4) is 0 Å². The number of primary amides is 1. The van der Waals surface area contributed by atoms with Gasteiger partial charge in [-0.25, -0.2) is 0 Å². The molecule has 0 aliphatic rings. The van der Waals surface area contributed by atoms with Crippen LogP contribution in [0.2, 0.25) is 15.1 Å². The molecular formula is C42H54Cl3N9O7. The summed E-state index contributed by atoms with van der Waals surface area (Å²) in [6.07, 6.45) is 1.60. The second kappa shape index (κ2) is 24.9. The van der Waals surface area contributed by atoms with E-state index in [1.165, 1.54) is 20.8 Å². The fourth-order valence-electron chi connectivity index (χ4n) is 5.91. The van der Waals surface area contributed by atoms with Gasteiger partial charge in [0.25, 0.3) is 0 Å². The van der Waals surface area contributed by atoms with E-state index >= 15 is 0 Å². The van der Waals surface area contributed by atoms with Gasteiger partial charge in [-0.2, -0.15) is 0 Å². The predicted octanol–water partition coefficient (Wildman–Crippen LogP) is 1.58. The summed E-state index contributed by atoms with van der Waals surface area (Å²) in [6.45, 7) is 4.58. The lowest BCUT2D eigenvalue weighted by Gasteiger charge is -2.26. The van der Waals surface area contributed by atoms with Gasteiger partial charge in [-0.3, -0.25) is 33.6 Å². The number of nitrogens with two attached hydrogens (primary N) is 3. The van der Waals surface area contributed by atoms with Gasteiger partial charge in [-0.15, -0.1) is 0 Å². The molecule has 0 radical (unpaired) electrons. The molecule has 0 heterocycles. The Bertz CT molecular complexity index is 1970. The Kier molecular flexibility index (Phi) is 20.4. The molecule has 3 aromatic carbocycles. The molecule has 19 heteroatoms. The molecule has 7 unspecified atom stereocenters. The molecule has 3 rings (SSSR count). The molecule has 0 aliphatic heterocycles. The van der Waals surface area contributed by atoms with E-state index < -0.39 is 83.6 Å². The molecule has 7 atom stereocenters. The molecule has 0 saturated carbocycles. The first-order valence-corrected chi connectivity index (χ1v) is 20.8. The maximum absolute atomic E-state index is 14.1. The van der Waals surface area contributed by atoms with E-state index in [0.717, 1.165) is 5.56 Å². The fraction of sp³-hybridized carbons (Fsp3) is 0.405. The van der Waals surface area contributed by atoms with Crippen LogP contribution in [0.4, 0.5) is 0 Å². The summed E-state index contributed by atoms with van der Waals surface area (Å²) >= 11 is 18.2. The van der Waals surface area contributed by atoms with E-state index in [9.17, 15) is 33.6 Å². The first kappa shape index (κ1) is 50.1. The van der Waals surface area contributed by atoms with Crippen LogP contribution in [0.1, 0.15) is 56.7 Å². The number of benzene rings is 3. The zero-order chi connectivity index (χ0) is 45.2. The highest BCUT2D eigenvalue weighted by Crippen LogP contribution is 2.15. The van der Waals surface area contributed by atoms with Crippen molar-refractivity contribution < 1.29 is 33.6 Å². The topological polar surface area (TPSA) is 270 Å². The number of rotatable bonds is 23. The normalized spacial score (nSPS) is 14.4. The van der Waals surface area contributed by atoms with Crippen LogP contribution >= 0.6 is 34.8 Å². The van der Waals surface area contributed by atoms with Gasteiger partial charge in [0.05, 0.1) is 6.04 Å². The molecule has 0 fully saturated rings. The Labute approximate surface area is 370 Å². The second-order valence-corrected chi connectivity index (χ2v) is 16.0. The smallest absolute Gasteiger partial charge is 0.243 e. The standard InChI is InChI=1S/C42H54Cl3N9O7/c1-23(37(56)50-25(3)39(58)52-33(36(48)55)6-4-5-19-46)49-38(57)24(2)51-41(60)34(21-27-9-15-30(44)16-10-27)54-42(61)35(22-28-11-17-31(45)18-12-28)53-40(59)32(47)20-26-7-13-29(43)14-8-26/h7-18,23-25,32-35H,4-6,19-22,46-47H2,1-3H3,(H2,48,55)(H,49,57)(H,50,56)(H,51,60)(H,52,58)(H,53,59)(H,54,61). The number of amides is 7. The lowest BCUT2D eigenvalue weighted by molar-refractivity contribution is -0.135. The first-order chi connectivity index (χ1) is 28.9. The average Bonchev–Trinajstić information content (AvgIpc) is 3.21. The molecule has 330 valence electrons. The Balaban J connectivity index is 1.72. The van der Waals surface area contributed by atoms with Crippen LogP contribution in [0.5, 0.6) is 0 Å². The SMILES string of the molecule is CC(NC(=O)C(C)NC(=O)C(Cc1ccc(Cl)cc1)NC(=O)C(Cc1ccc(Cl)cc1)NC(=O)C(N)Cc1ccc(Cl)cc1)C(=O)NC(C)C(=O)NC(CCCCN)C(N)=O. The van der Waals surface area contributed by atoms with Crippen molar-refractivity contribution in [1.82, 2.24) is 31.9 Å². The van der Waals surface area contributed by atoms with Gasteiger partial charge in [0.1, 0.15) is 36.3 Å². The summed E-state index contributed by atoms with van der Waals surface area (Å²) in [5, 5.41) is 17.0. The van der Waals surface area contributed by atoms with E-state index in [-0.39, 0.29) is 25.7 Å². The molecule has 61 heavy (non-hydrogen) atoms. The van der Waals surface area contributed by atoms with Crippen LogP contribution in [0.3, 0.4) is 0 Å². The molecule has 0 aromatic heterocycles. The first-order valence-electron chi connectivity index (χ1n) is 19.7. The van der Waals surface area contributed by atoms with Gasteiger partial charge in [-0.05, 0) is 106 Å². The molecule has 12 N–H and O–H groups in total. The van der Waals surface area contributed by atoms with Gasteiger partial charge in [-0.1, -0.05) is 71.2 Å². The molecule has 0 saturated heterocycles. The van der Waals surface area contributed by atoms with E-state index in [0.29, 0.717) is 45.6 Å². The van der Waals surface area contributed by atoms with Gasteiger partial charge in [0.2, 0.25) is 41.4 Å². The maximum Gasteiger partial charge on any atom is 0.243 e. The molecule has 3 aromatic rings. The fourth-order valence-corrected chi connectivity index (χ4v) is 6.29. The minimum atomic E-state index is -1.27. The third-order valence-electron chi connectivity index (χ3n) is 9.54. The zero-order valence-corrected chi connectivity index (χ0v) is 36.4. The number of unbranched alkanes of at least 4 members (excludes halogenated alkanes) is 1. The highest BCUT2D eigenvalue weighted by molar-refractivity contribution is 6.31. The monoisotopic (exact) mass is 901 g/mol. The molecule has 0 spiro atoms. The van der Waals surface area contributed by atoms with Crippen molar-refractivity contribution in [1.29, 1.82) is 0 Å². The van der Waals surface area contributed by atoms with Gasteiger partial charge >= 0.3 is 0 Å². The Hall–Kier alpha value is -5.26. The number of nitrogens with one attached hydrogen (secondary N) is 6.